The number of hydrogen-bond donors (Lipinski definition) is 0. The lowest BCUT2D eigenvalue weighted by Gasteiger charge is -2.34. The standard InChI is InChI=1S/C18H16F2N4O5/c19-16-3-1-2-12(17(16)20)11-21-4-6-22(7-5-21)18(25)13-8-14(23(26)27)10-15(9-13)24(28)29/h1-3,8-10H,4-7,11H2. The van der Waals surface area contributed by atoms with Crippen molar-refractivity contribution in [2.24, 2.45) is 0 Å². The summed E-state index contributed by atoms with van der Waals surface area (Å²) in [5, 5.41) is 22.0. The minimum Gasteiger partial charge on any atom is -0.336 e. The second-order valence-corrected chi connectivity index (χ2v) is 6.53. The molecule has 0 radical (unpaired) electrons. The molecular weight excluding hydrogens is 390 g/mol. The second-order valence-electron chi connectivity index (χ2n) is 6.53. The first-order chi connectivity index (χ1) is 13.8. The number of halogens is 2. The highest BCUT2D eigenvalue weighted by atomic mass is 19.2. The zero-order valence-electron chi connectivity index (χ0n) is 15.1. The van der Waals surface area contributed by atoms with Gasteiger partial charge in [-0.2, -0.15) is 0 Å². The summed E-state index contributed by atoms with van der Waals surface area (Å²) < 4.78 is 27.1. The van der Waals surface area contributed by atoms with Crippen molar-refractivity contribution in [1.82, 2.24) is 9.80 Å². The topological polar surface area (TPSA) is 110 Å². The highest BCUT2D eigenvalue weighted by Crippen LogP contribution is 2.24. The van der Waals surface area contributed by atoms with Gasteiger partial charge in [-0.15, -0.1) is 0 Å². The summed E-state index contributed by atoms with van der Waals surface area (Å²) in [5.74, 6) is -2.40. The number of nitro benzene ring substituents is 2. The Morgan fingerprint density at radius 3 is 2.10 bits per heavy atom. The van der Waals surface area contributed by atoms with Crippen molar-refractivity contribution < 1.29 is 23.4 Å². The van der Waals surface area contributed by atoms with Crippen LogP contribution in [0.1, 0.15) is 15.9 Å². The van der Waals surface area contributed by atoms with Gasteiger partial charge in [0.05, 0.1) is 21.5 Å². The quantitative estimate of drug-likeness (QED) is 0.558. The largest absolute Gasteiger partial charge is 0.336 e. The number of benzene rings is 2. The first kappa shape index (κ1) is 20.3. The summed E-state index contributed by atoms with van der Waals surface area (Å²) in [6.45, 7) is 1.41. The number of carbonyl (C=O) groups excluding carboxylic acids is 1. The molecule has 29 heavy (non-hydrogen) atoms. The Labute approximate surface area is 163 Å². The Kier molecular flexibility index (Phi) is 5.78. The van der Waals surface area contributed by atoms with E-state index in [2.05, 4.69) is 0 Å². The predicted octanol–water partition coefficient (Wildman–Crippen LogP) is 2.74. The normalized spacial score (nSPS) is 14.6. The summed E-state index contributed by atoms with van der Waals surface area (Å²) in [5.41, 5.74) is -1.01. The third-order valence-electron chi connectivity index (χ3n) is 4.66. The molecule has 2 aromatic carbocycles. The average Bonchev–Trinajstić information content (AvgIpc) is 2.71. The van der Waals surface area contributed by atoms with Gasteiger partial charge >= 0.3 is 0 Å². The van der Waals surface area contributed by atoms with Gasteiger partial charge in [0.15, 0.2) is 11.6 Å². The number of hydrogen-bond acceptors (Lipinski definition) is 6. The van der Waals surface area contributed by atoms with E-state index in [9.17, 15) is 33.8 Å². The Morgan fingerprint density at radius 1 is 0.966 bits per heavy atom. The minimum absolute atomic E-state index is 0.143. The van der Waals surface area contributed by atoms with Gasteiger partial charge in [-0.1, -0.05) is 12.1 Å². The van der Waals surface area contributed by atoms with Gasteiger partial charge in [0.1, 0.15) is 0 Å². The number of piperazine rings is 1. The van der Waals surface area contributed by atoms with E-state index in [1.807, 2.05) is 4.90 Å². The van der Waals surface area contributed by atoms with Crippen LogP contribution in [-0.4, -0.2) is 51.7 Å². The Morgan fingerprint density at radius 2 is 1.55 bits per heavy atom. The maximum absolute atomic E-state index is 13.8. The lowest BCUT2D eigenvalue weighted by Crippen LogP contribution is -2.48. The van der Waals surface area contributed by atoms with Crippen LogP contribution < -0.4 is 0 Å². The molecule has 0 atom stereocenters. The van der Waals surface area contributed by atoms with Crippen molar-refractivity contribution >= 4 is 17.3 Å². The zero-order valence-corrected chi connectivity index (χ0v) is 15.1. The molecule has 1 fully saturated rings. The van der Waals surface area contributed by atoms with Gasteiger partial charge in [0.25, 0.3) is 17.3 Å². The van der Waals surface area contributed by atoms with Crippen LogP contribution in [-0.2, 0) is 6.54 Å². The molecule has 152 valence electrons. The average molecular weight is 406 g/mol. The van der Waals surface area contributed by atoms with E-state index in [1.165, 1.54) is 17.0 Å². The molecule has 2 aromatic rings. The van der Waals surface area contributed by atoms with E-state index in [4.69, 9.17) is 0 Å². The first-order valence-electron chi connectivity index (χ1n) is 8.64. The Balaban J connectivity index is 1.69. The Hall–Kier alpha value is -3.47. The van der Waals surface area contributed by atoms with E-state index >= 15 is 0 Å². The molecule has 1 amide bonds. The van der Waals surface area contributed by atoms with Crippen LogP contribution in [0.15, 0.2) is 36.4 Å². The third-order valence-corrected chi connectivity index (χ3v) is 4.66. The second kappa shape index (κ2) is 8.27. The fourth-order valence-electron chi connectivity index (χ4n) is 3.13. The SMILES string of the molecule is O=C(c1cc([N+](=O)[O-])cc([N+](=O)[O-])c1)N1CCN(Cc2cccc(F)c2F)CC1. The van der Waals surface area contributed by atoms with E-state index in [0.717, 1.165) is 24.3 Å². The highest BCUT2D eigenvalue weighted by molar-refractivity contribution is 5.95. The molecule has 0 aromatic heterocycles. The molecule has 1 heterocycles. The van der Waals surface area contributed by atoms with Gasteiger partial charge in [-0.25, -0.2) is 8.78 Å². The molecule has 9 nitrogen and oxygen atoms in total. The molecule has 0 spiro atoms. The van der Waals surface area contributed by atoms with E-state index in [0.29, 0.717) is 13.1 Å². The summed E-state index contributed by atoms with van der Waals surface area (Å²) in [6, 6.07) is 6.74. The molecule has 0 bridgehead atoms. The molecule has 0 unspecified atom stereocenters. The van der Waals surface area contributed by atoms with Crippen LogP contribution in [0, 0.1) is 31.9 Å². The summed E-state index contributed by atoms with van der Waals surface area (Å²) in [7, 11) is 0. The van der Waals surface area contributed by atoms with E-state index in [-0.39, 0.29) is 30.8 Å². The summed E-state index contributed by atoms with van der Waals surface area (Å²) in [6.07, 6.45) is 0. The molecule has 1 saturated heterocycles. The van der Waals surface area contributed by atoms with Gasteiger partial charge in [-0.3, -0.25) is 29.9 Å². The molecule has 0 N–H and O–H groups in total. The number of rotatable bonds is 5. The summed E-state index contributed by atoms with van der Waals surface area (Å²) >= 11 is 0. The van der Waals surface area contributed by atoms with Crippen molar-refractivity contribution in [3.63, 3.8) is 0 Å². The molecule has 1 aliphatic rings. The monoisotopic (exact) mass is 406 g/mol. The van der Waals surface area contributed by atoms with Crippen molar-refractivity contribution in [1.29, 1.82) is 0 Å². The third kappa shape index (κ3) is 4.51. The molecule has 3 rings (SSSR count). The number of nitro groups is 2. The fraction of sp³-hybridized carbons (Fsp3) is 0.278. The number of non-ortho nitro benzene ring substituents is 2. The first-order valence-corrected chi connectivity index (χ1v) is 8.64. The molecule has 0 saturated carbocycles. The number of amides is 1. The molecule has 1 aliphatic heterocycles. The van der Waals surface area contributed by atoms with Gasteiger partial charge in [0.2, 0.25) is 0 Å². The Bertz CT molecular complexity index is 944. The van der Waals surface area contributed by atoms with Crippen LogP contribution in [0.2, 0.25) is 0 Å². The molecular formula is C18H16F2N4O5. The number of nitrogens with zero attached hydrogens (tertiary/aromatic N) is 4. The van der Waals surface area contributed by atoms with E-state index < -0.39 is 38.8 Å². The van der Waals surface area contributed by atoms with Gasteiger partial charge in [0, 0.05) is 50.4 Å². The smallest absolute Gasteiger partial charge is 0.277 e. The zero-order chi connectivity index (χ0) is 21.1. The van der Waals surface area contributed by atoms with Crippen LogP contribution in [0.4, 0.5) is 20.2 Å². The maximum Gasteiger partial charge on any atom is 0.277 e. The lowest BCUT2D eigenvalue weighted by molar-refractivity contribution is -0.394. The maximum atomic E-state index is 13.8. The van der Waals surface area contributed by atoms with Crippen LogP contribution >= 0.6 is 0 Å². The van der Waals surface area contributed by atoms with Crippen LogP contribution in [0.25, 0.3) is 0 Å². The molecule has 0 aliphatic carbocycles. The van der Waals surface area contributed by atoms with Crippen molar-refractivity contribution in [3.8, 4) is 0 Å². The van der Waals surface area contributed by atoms with Crippen LogP contribution in [0.3, 0.4) is 0 Å². The number of carbonyl (C=O) groups is 1. The van der Waals surface area contributed by atoms with Gasteiger partial charge in [-0.05, 0) is 6.07 Å². The van der Waals surface area contributed by atoms with E-state index in [1.54, 1.807) is 0 Å². The lowest BCUT2D eigenvalue weighted by atomic mass is 10.1. The summed E-state index contributed by atoms with van der Waals surface area (Å²) in [4.78, 5) is 36.3. The highest BCUT2D eigenvalue weighted by Gasteiger charge is 2.26. The molecule has 11 heteroatoms. The van der Waals surface area contributed by atoms with Crippen molar-refractivity contribution in [2.75, 3.05) is 26.2 Å². The minimum atomic E-state index is -0.927. The van der Waals surface area contributed by atoms with Crippen LogP contribution in [0.5, 0.6) is 0 Å². The fourth-order valence-corrected chi connectivity index (χ4v) is 3.13. The van der Waals surface area contributed by atoms with Crippen molar-refractivity contribution in [3.05, 3.63) is 79.4 Å². The predicted molar refractivity (Wildman–Crippen MR) is 97.3 cm³/mol. The van der Waals surface area contributed by atoms with Gasteiger partial charge < -0.3 is 4.90 Å². The van der Waals surface area contributed by atoms with Crippen molar-refractivity contribution in [2.45, 2.75) is 6.54 Å².